The van der Waals surface area contributed by atoms with Gasteiger partial charge in [-0.05, 0) is 51.3 Å². The highest BCUT2D eigenvalue weighted by Crippen LogP contribution is 2.19. The van der Waals surface area contributed by atoms with Crippen LogP contribution >= 0.6 is 0 Å². The monoisotopic (exact) mass is 342 g/mol. The van der Waals surface area contributed by atoms with Gasteiger partial charge in [-0.3, -0.25) is 9.69 Å². The number of rotatable bonds is 6. The number of likely N-dealkylation sites (tertiary alicyclic amines) is 1. The van der Waals surface area contributed by atoms with Gasteiger partial charge in [0.15, 0.2) is 0 Å². The molecule has 2 aliphatic rings. The smallest absolute Gasteiger partial charge is 0.223 e. The van der Waals surface area contributed by atoms with E-state index in [1.54, 1.807) is 0 Å². The Kier molecular flexibility index (Phi) is 6.65. The largest absolute Gasteiger partial charge is 0.376 e. The van der Waals surface area contributed by atoms with Crippen LogP contribution in [0.2, 0.25) is 0 Å². The number of carbonyl (C=O) groups excluding carboxylic acids is 1. The number of ether oxygens (including phenoxy) is 1. The summed E-state index contributed by atoms with van der Waals surface area (Å²) in [5.41, 5.74) is 2.62. The molecule has 4 nitrogen and oxygen atoms in total. The van der Waals surface area contributed by atoms with Crippen LogP contribution in [0.1, 0.15) is 38.2 Å². The van der Waals surface area contributed by atoms with E-state index in [1.165, 1.54) is 11.1 Å². The molecule has 0 radical (unpaired) electrons. The number of hydrogen-bond donors (Lipinski definition) is 1. The lowest BCUT2D eigenvalue weighted by atomic mass is 9.95. The molecule has 2 saturated heterocycles. The first-order chi connectivity index (χ1) is 12.2. The summed E-state index contributed by atoms with van der Waals surface area (Å²) in [6.45, 7) is 6.69. The third kappa shape index (κ3) is 5.68. The van der Waals surface area contributed by atoms with Crippen LogP contribution in [0.5, 0.6) is 0 Å². The molecule has 3 rings (SSSR count). The van der Waals surface area contributed by atoms with Gasteiger partial charge < -0.3 is 10.1 Å². The zero-order valence-electron chi connectivity index (χ0n) is 15.2. The van der Waals surface area contributed by atoms with E-state index in [2.05, 4.69) is 47.5 Å². The van der Waals surface area contributed by atoms with E-state index >= 15 is 0 Å². The SMILES string of the molecule is CC(=Cc1ccccc1)CN1CCC(C(=O)NCC2CCCO2)CC1. The first-order valence-electron chi connectivity index (χ1n) is 9.54. The van der Waals surface area contributed by atoms with Gasteiger partial charge in [0.05, 0.1) is 6.10 Å². The van der Waals surface area contributed by atoms with E-state index in [-0.39, 0.29) is 17.9 Å². The molecule has 1 aromatic carbocycles. The maximum absolute atomic E-state index is 12.3. The van der Waals surface area contributed by atoms with Crippen molar-refractivity contribution in [3.05, 3.63) is 41.5 Å². The average molecular weight is 342 g/mol. The first-order valence-corrected chi connectivity index (χ1v) is 9.54. The highest BCUT2D eigenvalue weighted by molar-refractivity contribution is 5.78. The third-order valence-corrected chi connectivity index (χ3v) is 5.17. The number of nitrogens with zero attached hydrogens (tertiary/aromatic N) is 1. The van der Waals surface area contributed by atoms with Crippen molar-refractivity contribution in [3.63, 3.8) is 0 Å². The van der Waals surface area contributed by atoms with Crippen molar-refractivity contribution in [2.24, 2.45) is 5.92 Å². The lowest BCUT2D eigenvalue weighted by Crippen LogP contribution is -2.42. The first kappa shape index (κ1) is 18.2. The molecule has 1 atom stereocenters. The van der Waals surface area contributed by atoms with Gasteiger partial charge in [-0.15, -0.1) is 0 Å². The Morgan fingerprint density at radius 3 is 2.68 bits per heavy atom. The molecule has 2 aliphatic heterocycles. The van der Waals surface area contributed by atoms with Crippen LogP contribution in [0.25, 0.3) is 6.08 Å². The number of piperidine rings is 1. The van der Waals surface area contributed by atoms with Gasteiger partial charge in [-0.2, -0.15) is 0 Å². The summed E-state index contributed by atoms with van der Waals surface area (Å²) in [6.07, 6.45) is 6.59. The van der Waals surface area contributed by atoms with E-state index in [0.717, 1.165) is 51.9 Å². The Balaban J connectivity index is 1.39. The minimum atomic E-state index is 0.163. The Labute approximate surface area is 151 Å². The van der Waals surface area contributed by atoms with Crippen molar-refractivity contribution < 1.29 is 9.53 Å². The number of hydrogen-bond acceptors (Lipinski definition) is 3. The molecule has 4 heteroatoms. The van der Waals surface area contributed by atoms with E-state index in [9.17, 15) is 4.79 Å². The second kappa shape index (κ2) is 9.16. The van der Waals surface area contributed by atoms with Gasteiger partial charge in [-0.1, -0.05) is 42.0 Å². The number of benzene rings is 1. The predicted molar refractivity (Wildman–Crippen MR) is 101 cm³/mol. The lowest BCUT2D eigenvalue weighted by molar-refractivity contribution is -0.126. The number of carbonyl (C=O) groups is 1. The van der Waals surface area contributed by atoms with E-state index in [4.69, 9.17) is 4.74 Å². The van der Waals surface area contributed by atoms with Crippen LogP contribution in [0, 0.1) is 5.92 Å². The second-order valence-electron chi connectivity index (χ2n) is 7.33. The molecular formula is C21H30N2O2. The van der Waals surface area contributed by atoms with Gasteiger partial charge in [0.1, 0.15) is 0 Å². The summed E-state index contributed by atoms with van der Waals surface area (Å²) >= 11 is 0. The van der Waals surface area contributed by atoms with Crippen molar-refractivity contribution >= 4 is 12.0 Å². The molecule has 0 saturated carbocycles. The minimum absolute atomic E-state index is 0.163. The number of nitrogens with one attached hydrogen (secondary N) is 1. The predicted octanol–water partition coefficient (Wildman–Crippen LogP) is 3.10. The second-order valence-corrected chi connectivity index (χ2v) is 7.33. The maximum atomic E-state index is 12.3. The van der Waals surface area contributed by atoms with Crippen LogP contribution in [-0.2, 0) is 9.53 Å². The summed E-state index contributed by atoms with van der Waals surface area (Å²) in [5.74, 6) is 0.378. The topological polar surface area (TPSA) is 41.6 Å². The fourth-order valence-electron chi connectivity index (χ4n) is 3.75. The highest BCUT2D eigenvalue weighted by Gasteiger charge is 2.25. The van der Waals surface area contributed by atoms with Crippen molar-refractivity contribution in [2.45, 2.75) is 38.7 Å². The van der Waals surface area contributed by atoms with Crippen LogP contribution in [0.3, 0.4) is 0 Å². The molecule has 0 spiro atoms. The van der Waals surface area contributed by atoms with Crippen LogP contribution in [0.4, 0.5) is 0 Å². The van der Waals surface area contributed by atoms with Crippen LogP contribution in [-0.4, -0.2) is 49.7 Å². The molecule has 25 heavy (non-hydrogen) atoms. The molecule has 1 amide bonds. The van der Waals surface area contributed by atoms with Crippen molar-refractivity contribution in [1.82, 2.24) is 10.2 Å². The quantitative estimate of drug-likeness (QED) is 0.864. The lowest BCUT2D eigenvalue weighted by Gasteiger charge is -2.31. The van der Waals surface area contributed by atoms with Crippen LogP contribution in [0.15, 0.2) is 35.9 Å². The summed E-state index contributed by atoms with van der Waals surface area (Å²) in [4.78, 5) is 14.8. The van der Waals surface area contributed by atoms with E-state index in [1.807, 2.05) is 6.07 Å². The fraction of sp³-hybridized carbons (Fsp3) is 0.571. The molecule has 0 aliphatic carbocycles. The molecular weight excluding hydrogens is 312 g/mol. The molecule has 1 unspecified atom stereocenters. The Hall–Kier alpha value is -1.65. The fourth-order valence-corrected chi connectivity index (χ4v) is 3.75. The minimum Gasteiger partial charge on any atom is -0.376 e. The van der Waals surface area contributed by atoms with Gasteiger partial charge in [0, 0.05) is 25.6 Å². The summed E-state index contributed by atoms with van der Waals surface area (Å²) < 4.78 is 5.57. The highest BCUT2D eigenvalue weighted by atomic mass is 16.5. The van der Waals surface area contributed by atoms with Gasteiger partial charge in [-0.25, -0.2) is 0 Å². The van der Waals surface area contributed by atoms with Gasteiger partial charge >= 0.3 is 0 Å². The molecule has 0 aromatic heterocycles. The summed E-state index contributed by atoms with van der Waals surface area (Å²) in [7, 11) is 0. The summed E-state index contributed by atoms with van der Waals surface area (Å²) in [6, 6.07) is 10.4. The Morgan fingerprint density at radius 2 is 2.00 bits per heavy atom. The van der Waals surface area contributed by atoms with Crippen molar-refractivity contribution in [3.8, 4) is 0 Å². The Bertz CT molecular complexity index is 571. The van der Waals surface area contributed by atoms with E-state index in [0.29, 0.717) is 6.54 Å². The maximum Gasteiger partial charge on any atom is 0.223 e. The molecule has 1 aromatic rings. The average Bonchev–Trinajstić information content (AvgIpc) is 3.14. The molecule has 2 heterocycles. The zero-order valence-corrected chi connectivity index (χ0v) is 15.2. The van der Waals surface area contributed by atoms with Crippen molar-refractivity contribution in [2.75, 3.05) is 32.8 Å². The molecule has 136 valence electrons. The molecule has 2 fully saturated rings. The third-order valence-electron chi connectivity index (χ3n) is 5.17. The van der Waals surface area contributed by atoms with Crippen molar-refractivity contribution in [1.29, 1.82) is 0 Å². The van der Waals surface area contributed by atoms with E-state index < -0.39 is 0 Å². The van der Waals surface area contributed by atoms with Crippen LogP contribution < -0.4 is 5.32 Å². The number of amides is 1. The van der Waals surface area contributed by atoms with Gasteiger partial charge in [0.25, 0.3) is 0 Å². The zero-order chi connectivity index (χ0) is 17.5. The standard InChI is InChI=1S/C21H30N2O2/c1-17(14-18-6-3-2-4-7-18)16-23-11-9-19(10-12-23)21(24)22-15-20-8-5-13-25-20/h2-4,6-7,14,19-20H,5,8-13,15-16H2,1H3,(H,22,24). The Morgan fingerprint density at radius 1 is 1.24 bits per heavy atom. The normalized spacial score (nSPS) is 22.9. The molecule has 0 bridgehead atoms. The summed E-state index contributed by atoms with van der Waals surface area (Å²) in [5, 5.41) is 3.09. The van der Waals surface area contributed by atoms with Gasteiger partial charge in [0.2, 0.25) is 5.91 Å². The molecule has 1 N–H and O–H groups in total.